The number of hydrogen-bond acceptors (Lipinski definition) is 2. The van der Waals surface area contributed by atoms with Crippen molar-refractivity contribution in [3.05, 3.63) is 42.1 Å². The maximum Gasteiger partial charge on any atom is 0.217 e. The monoisotopic (exact) mass is 268 g/mol. The highest BCUT2D eigenvalue weighted by molar-refractivity contribution is 5.78. The summed E-state index contributed by atoms with van der Waals surface area (Å²) >= 11 is 0. The van der Waals surface area contributed by atoms with Gasteiger partial charge in [0.2, 0.25) is 5.91 Å². The van der Waals surface area contributed by atoms with Crippen LogP contribution < -0.4 is 5.32 Å². The van der Waals surface area contributed by atoms with E-state index >= 15 is 0 Å². The molecule has 1 heterocycles. The van der Waals surface area contributed by atoms with Crippen LogP contribution in [0.3, 0.4) is 0 Å². The van der Waals surface area contributed by atoms with Crippen LogP contribution in [0.5, 0.6) is 0 Å². The number of carbonyl (C=O) groups is 1. The predicted molar refractivity (Wildman–Crippen MR) is 80.6 cm³/mol. The highest BCUT2D eigenvalue weighted by Gasteiger charge is 2.24. The Hall–Kier alpha value is -1.90. The fraction of sp³-hybridized carbons (Fsp3) is 0.412. The Balaban J connectivity index is 1.81. The molecule has 3 heteroatoms. The summed E-state index contributed by atoms with van der Waals surface area (Å²) in [5, 5.41) is 4.24. The summed E-state index contributed by atoms with van der Waals surface area (Å²) in [7, 11) is 0. The molecule has 20 heavy (non-hydrogen) atoms. The van der Waals surface area contributed by atoms with E-state index in [-0.39, 0.29) is 5.91 Å². The first-order valence-electron chi connectivity index (χ1n) is 7.35. The van der Waals surface area contributed by atoms with Crippen molar-refractivity contribution >= 4 is 16.8 Å². The molecule has 3 rings (SSSR count). The Labute approximate surface area is 119 Å². The fourth-order valence-electron chi connectivity index (χ4n) is 3.19. The van der Waals surface area contributed by atoms with Crippen LogP contribution in [-0.2, 0) is 4.79 Å². The van der Waals surface area contributed by atoms with Crippen molar-refractivity contribution in [1.82, 2.24) is 10.3 Å². The number of fused-ring (bicyclic) bond motifs is 1. The zero-order chi connectivity index (χ0) is 13.9. The second kappa shape index (κ2) is 5.61. The largest absolute Gasteiger partial charge is 0.354 e. The van der Waals surface area contributed by atoms with Gasteiger partial charge in [-0.15, -0.1) is 0 Å². The molecule has 1 saturated carbocycles. The van der Waals surface area contributed by atoms with E-state index in [0.29, 0.717) is 12.0 Å². The zero-order valence-corrected chi connectivity index (χ0v) is 11.8. The van der Waals surface area contributed by atoms with Gasteiger partial charge < -0.3 is 5.32 Å². The van der Waals surface area contributed by atoms with Gasteiger partial charge >= 0.3 is 0 Å². The van der Waals surface area contributed by atoms with E-state index in [1.54, 1.807) is 6.92 Å². The molecule has 0 radical (unpaired) electrons. The van der Waals surface area contributed by atoms with Crippen LogP contribution in [0.15, 0.2) is 36.4 Å². The molecule has 2 aromatic rings. The van der Waals surface area contributed by atoms with Gasteiger partial charge in [0.05, 0.1) is 5.52 Å². The Morgan fingerprint density at radius 2 is 2.05 bits per heavy atom. The summed E-state index contributed by atoms with van der Waals surface area (Å²) in [6.45, 7) is 1.60. The number of carbonyl (C=O) groups excluding carboxylic acids is 1. The zero-order valence-electron chi connectivity index (χ0n) is 11.8. The summed E-state index contributed by atoms with van der Waals surface area (Å²) in [6.07, 6.45) is 4.42. The number of amides is 1. The standard InChI is InChI=1S/C17H20N2O/c1-12(20)18-15-7-4-6-14(11-15)17-10-9-13-5-2-3-8-16(13)19-17/h2-3,5,8-10,14-15H,4,6-7,11H2,1H3,(H,18,20). The Bertz CT molecular complexity index is 623. The van der Waals surface area contributed by atoms with Gasteiger partial charge in [0.1, 0.15) is 0 Å². The van der Waals surface area contributed by atoms with E-state index in [9.17, 15) is 4.79 Å². The summed E-state index contributed by atoms with van der Waals surface area (Å²) in [5.41, 5.74) is 2.23. The molecule has 0 bridgehead atoms. The summed E-state index contributed by atoms with van der Waals surface area (Å²) in [5.74, 6) is 0.535. The average Bonchev–Trinajstić information content (AvgIpc) is 2.46. The van der Waals surface area contributed by atoms with Crippen molar-refractivity contribution in [3.8, 4) is 0 Å². The lowest BCUT2D eigenvalue weighted by Gasteiger charge is -2.29. The number of para-hydroxylation sites is 1. The minimum Gasteiger partial charge on any atom is -0.354 e. The Kier molecular flexibility index (Phi) is 3.68. The van der Waals surface area contributed by atoms with Gasteiger partial charge in [0, 0.05) is 30.0 Å². The third-order valence-electron chi connectivity index (χ3n) is 4.12. The smallest absolute Gasteiger partial charge is 0.217 e. The minimum atomic E-state index is 0.0714. The number of pyridine rings is 1. The first-order valence-corrected chi connectivity index (χ1v) is 7.35. The summed E-state index contributed by atoms with van der Waals surface area (Å²) in [4.78, 5) is 16.0. The van der Waals surface area contributed by atoms with Crippen molar-refractivity contribution in [1.29, 1.82) is 0 Å². The van der Waals surface area contributed by atoms with Crippen molar-refractivity contribution in [2.24, 2.45) is 0 Å². The fourth-order valence-corrected chi connectivity index (χ4v) is 3.19. The Morgan fingerprint density at radius 1 is 1.20 bits per heavy atom. The molecule has 1 aromatic heterocycles. The predicted octanol–water partition coefficient (Wildman–Crippen LogP) is 3.40. The topological polar surface area (TPSA) is 42.0 Å². The van der Waals surface area contributed by atoms with Crippen LogP contribution in [0, 0.1) is 0 Å². The van der Waals surface area contributed by atoms with E-state index in [1.807, 2.05) is 12.1 Å². The van der Waals surface area contributed by atoms with Gasteiger partial charge in [-0.1, -0.05) is 30.7 Å². The maximum atomic E-state index is 11.2. The van der Waals surface area contributed by atoms with E-state index in [0.717, 1.165) is 24.8 Å². The first-order chi connectivity index (χ1) is 9.72. The molecule has 0 aliphatic heterocycles. The average molecular weight is 268 g/mol. The normalized spacial score (nSPS) is 22.6. The van der Waals surface area contributed by atoms with Crippen LogP contribution in [0.4, 0.5) is 0 Å². The molecular formula is C17H20N2O. The lowest BCUT2D eigenvalue weighted by molar-refractivity contribution is -0.119. The second-order valence-corrected chi connectivity index (χ2v) is 5.69. The molecular weight excluding hydrogens is 248 g/mol. The van der Waals surface area contributed by atoms with Crippen molar-refractivity contribution < 1.29 is 4.79 Å². The molecule has 0 saturated heterocycles. The quantitative estimate of drug-likeness (QED) is 0.907. The molecule has 1 N–H and O–H groups in total. The molecule has 0 spiro atoms. The maximum absolute atomic E-state index is 11.2. The highest BCUT2D eigenvalue weighted by atomic mass is 16.1. The minimum absolute atomic E-state index is 0.0714. The lowest BCUT2D eigenvalue weighted by atomic mass is 9.83. The summed E-state index contributed by atoms with van der Waals surface area (Å²) < 4.78 is 0. The SMILES string of the molecule is CC(=O)NC1CCCC(c2ccc3ccccc3n2)C1. The number of aromatic nitrogens is 1. The van der Waals surface area contributed by atoms with E-state index in [4.69, 9.17) is 4.98 Å². The van der Waals surface area contributed by atoms with Crippen LogP contribution in [0.2, 0.25) is 0 Å². The van der Waals surface area contributed by atoms with E-state index in [1.165, 1.54) is 17.5 Å². The molecule has 1 aromatic carbocycles. The Morgan fingerprint density at radius 3 is 2.90 bits per heavy atom. The summed E-state index contributed by atoms with van der Waals surface area (Å²) in [6, 6.07) is 12.8. The third kappa shape index (κ3) is 2.82. The molecule has 1 fully saturated rings. The van der Waals surface area contributed by atoms with Gasteiger partial charge in [0.15, 0.2) is 0 Å². The van der Waals surface area contributed by atoms with Crippen LogP contribution in [0.1, 0.15) is 44.2 Å². The number of nitrogens with zero attached hydrogens (tertiary/aromatic N) is 1. The van der Waals surface area contributed by atoms with Gasteiger partial charge in [0.25, 0.3) is 0 Å². The second-order valence-electron chi connectivity index (χ2n) is 5.69. The van der Waals surface area contributed by atoms with Gasteiger partial charge in [-0.2, -0.15) is 0 Å². The first kappa shape index (κ1) is 13.1. The van der Waals surface area contributed by atoms with Crippen molar-refractivity contribution in [2.45, 2.75) is 44.6 Å². The molecule has 2 atom stereocenters. The number of nitrogens with one attached hydrogen (secondary N) is 1. The highest BCUT2D eigenvalue weighted by Crippen LogP contribution is 2.32. The molecule has 2 unspecified atom stereocenters. The van der Waals surface area contributed by atoms with Crippen LogP contribution >= 0.6 is 0 Å². The van der Waals surface area contributed by atoms with E-state index < -0.39 is 0 Å². The lowest BCUT2D eigenvalue weighted by Crippen LogP contribution is -2.36. The van der Waals surface area contributed by atoms with Crippen molar-refractivity contribution in [3.63, 3.8) is 0 Å². The molecule has 1 amide bonds. The third-order valence-corrected chi connectivity index (χ3v) is 4.12. The molecule has 104 valence electrons. The molecule has 3 nitrogen and oxygen atoms in total. The van der Waals surface area contributed by atoms with Gasteiger partial charge in [-0.25, -0.2) is 0 Å². The van der Waals surface area contributed by atoms with Gasteiger partial charge in [-0.3, -0.25) is 9.78 Å². The van der Waals surface area contributed by atoms with E-state index in [2.05, 4.69) is 29.6 Å². The van der Waals surface area contributed by atoms with Gasteiger partial charge in [-0.05, 0) is 31.4 Å². The van der Waals surface area contributed by atoms with Crippen LogP contribution in [-0.4, -0.2) is 16.9 Å². The van der Waals surface area contributed by atoms with Crippen LogP contribution in [0.25, 0.3) is 10.9 Å². The molecule has 1 aliphatic rings. The number of benzene rings is 1. The number of rotatable bonds is 2. The molecule has 1 aliphatic carbocycles. The number of hydrogen-bond donors (Lipinski definition) is 1. The van der Waals surface area contributed by atoms with Crippen molar-refractivity contribution in [2.75, 3.05) is 0 Å².